The fraction of sp³-hybridized carbons (Fsp3) is 0.333. The van der Waals surface area contributed by atoms with Crippen molar-refractivity contribution in [3.63, 3.8) is 0 Å². The van der Waals surface area contributed by atoms with Gasteiger partial charge in [-0.1, -0.05) is 0 Å². The molecule has 0 radical (unpaired) electrons. The van der Waals surface area contributed by atoms with Crippen LogP contribution in [0.1, 0.15) is 10.4 Å². The molecule has 1 amide bonds. The minimum atomic E-state index is -1.04. The number of carbonyl (C=O) groups excluding carboxylic acids is 1. The van der Waals surface area contributed by atoms with Crippen molar-refractivity contribution < 1.29 is 24.2 Å². The molecule has 6 nitrogen and oxygen atoms in total. The third-order valence-corrected chi connectivity index (χ3v) is 2.79. The molecule has 0 spiro atoms. The van der Waals surface area contributed by atoms with E-state index in [0.29, 0.717) is 15.8 Å². The molecule has 2 N–H and O–H groups in total. The monoisotopic (exact) mass is 331 g/mol. The zero-order chi connectivity index (χ0) is 14.3. The molecule has 19 heavy (non-hydrogen) atoms. The number of ether oxygens (including phenoxy) is 2. The summed E-state index contributed by atoms with van der Waals surface area (Å²) >= 11 is 3.29. The Morgan fingerprint density at radius 1 is 1.42 bits per heavy atom. The summed E-state index contributed by atoms with van der Waals surface area (Å²) in [6, 6.07) is 4.96. The number of rotatable bonds is 7. The molecule has 0 unspecified atom stereocenters. The molecule has 0 aliphatic heterocycles. The van der Waals surface area contributed by atoms with E-state index >= 15 is 0 Å². The van der Waals surface area contributed by atoms with Crippen molar-refractivity contribution >= 4 is 27.8 Å². The summed E-state index contributed by atoms with van der Waals surface area (Å²) in [5, 5.41) is 11.0. The van der Waals surface area contributed by atoms with Crippen molar-refractivity contribution in [1.29, 1.82) is 0 Å². The highest BCUT2D eigenvalue weighted by Crippen LogP contribution is 2.25. The van der Waals surface area contributed by atoms with Crippen LogP contribution in [0.15, 0.2) is 22.7 Å². The Bertz CT molecular complexity index is 463. The van der Waals surface area contributed by atoms with Crippen molar-refractivity contribution in [1.82, 2.24) is 5.32 Å². The molecular formula is C12H14BrNO5. The number of benzene rings is 1. The van der Waals surface area contributed by atoms with E-state index in [1.807, 2.05) is 0 Å². The molecule has 0 atom stereocenters. The average molecular weight is 332 g/mol. The van der Waals surface area contributed by atoms with Gasteiger partial charge in [0.2, 0.25) is 0 Å². The van der Waals surface area contributed by atoms with Crippen molar-refractivity contribution in [2.45, 2.75) is 0 Å². The number of nitrogens with one attached hydrogen (secondary N) is 1. The topological polar surface area (TPSA) is 84.9 Å². The first-order valence-electron chi connectivity index (χ1n) is 5.46. The predicted octanol–water partition coefficient (Wildman–Crippen LogP) is 1.29. The number of hydrogen-bond acceptors (Lipinski definition) is 4. The van der Waals surface area contributed by atoms with Crippen LogP contribution in [0.5, 0.6) is 5.75 Å². The van der Waals surface area contributed by atoms with Gasteiger partial charge in [-0.25, -0.2) is 4.79 Å². The standard InChI is InChI=1S/C12H14BrNO5/c1-18-10-3-2-8(6-9(10)13)12(17)14-4-5-19-7-11(15)16/h2-3,6H,4-5,7H2,1H3,(H,14,17)(H,15,16). The maximum absolute atomic E-state index is 11.7. The van der Waals surface area contributed by atoms with Gasteiger partial charge in [-0.2, -0.15) is 0 Å². The van der Waals surface area contributed by atoms with Gasteiger partial charge in [0.25, 0.3) is 5.91 Å². The van der Waals surface area contributed by atoms with Gasteiger partial charge < -0.3 is 19.9 Å². The maximum Gasteiger partial charge on any atom is 0.329 e. The summed E-state index contributed by atoms with van der Waals surface area (Å²) < 4.78 is 10.5. The second-order valence-corrected chi connectivity index (χ2v) is 4.41. The molecule has 1 rings (SSSR count). The molecule has 0 aliphatic rings. The predicted molar refractivity (Wildman–Crippen MR) is 71.5 cm³/mol. The van der Waals surface area contributed by atoms with Crippen LogP contribution < -0.4 is 10.1 Å². The van der Waals surface area contributed by atoms with Gasteiger partial charge in [-0.05, 0) is 34.1 Å². The van der Waals surface area contributed by atoms with E-state index in [9.17, 15) is 9.59 Å². The Balaban J connectivity index is 2.41. The fourth-order valence-electron chi connectivity index (χ4n) is 1.31. The Morgan fingerprint density at radius 3 is 2.74 bits per heavy atom. The second-order valence-electron chi connectivity index (χ2n) is 3.55. The summed E-state index contributed by atoms with van der Waals surface area (Å²) in [5.41, 5.74) is 0.478. The van der Waals surface area contributed by atoms with E-state index in [2.05, 4.69) is 21.2 Å². The lowest BCUT2D eigenvalue weighted by atomic mass is 10.2. The lowest BCUT2D eigenvalue weighted by Gasteiger charge is -2.07. The number of methoxy groups -OCH3 is 1. The van der Waals surface area contributed by atoms with Gasteiger partial charge in [-0.15, -0.1) is 0 Å². The number of aliphatic carboxylic acids is 1. The highest BCUT2D eigenvalue weighted by atomic mass is 79.9. The van der Waals surface area contributed by atoms with Gasteiger partial charge in [0.15, 0.2) is 0 Å². The zero-order valence-corrected chi connectivity index (χ0v) is 11.9. The smallest absolute Gasteiger partial charge is 0.329 e. The van der Waals surface area contributed by atoms with E-state index in [4.69, 9.17) is 14.6 Å². The van der Waals surface area contributed by atoms with E-state index in [1.165, 1.54) is 0 Å². The zero-order valence-electron chi connectivity index (χ0n) is 10.3. The number of carbonyl (C=O) groups is 2. The van der Waals surface area contributed by atoms with E-state index in [0.717, 1.165) is 0 Å². The Hall–Kier alpha value is -1.60. The summed E-state index contributed by atoms with van der Waals surface area (Å²) in [5.74, 6) is -0.658. The second kappa shape index (κ2) is 7.75. The normalized spacial score (nSPS) is 10.0. The van der Waals surface area contributed by atoms with Crippen LogP contribution in [-0.4, -0.2) is 43.9 Å². The molecule has 0 fully saturated rings. The SMILES string of the molecule is COc1ccc(C(=O)NCCOCC(=O)O)cc1Br. The minimum absolute atomic E-state index is 0.148. The molecule has 104 valence electrons. The quantitative estimate of drug-likeness (QED) is 0.735. The van der Waals surface area contributed by atoms with Crippen molar-refractivity contribution in [3.8, 4) is 5.75 Å². The molecule has 1 aromatic rings. The van der Waals surface area contributed by atoms with Crippen molar-refractivity contribution in [2.75, 3.05) is 26.9 Å². The molecule has 0 saturated carbocycles. The third-order valence-electron chi connectivity index (χ3n) is 2.17. The van der Waals surface area contributed by atoms with Crippen molar-refractivity contribution in [2.24, 2.45) is 0 Å². The molecule has 0 aromatic heterocycles. The molecule has 0 saturated heterocycles. The summed E-state index contributed by atoms with van der Waals surface area (Å²) in [6.07, 6.45) is 0. The maximum atomic E-state index is 11.7. The van der Waals surface area contributed by atoms with Crippen LogP contribution in [-0.2, 0) is 9.53 Å². The van der Waals surface area contributed by atoms with Gasteiger partial charge >= 0.3 is 5.97 Å². The first-order valence-corrected chi connectivity index (χ1v) is 6.25. The average Bonchev–Trinajstić information content (AvgIpc) is 2.37. The number of carboxylic acid groups (broad SMARTS) is 1. The van der Waals surface area contributed by atoms with E-state index in [1.54, 1.807) is 25.3 Å². The van der Waals surface area contributed by atoms with Crippen molar-refractivity contribution in [3.05, 3.63) is 28.2 Å². The molecule has 1 aromatic carbocycles. The third kappa shape index (κ3) is 5.27. The summed E-state index contributed by atoms with van der Waals surface area (Å²) in [7, 11) is 1.54. The van der Waals surface area contributed by atoms with Crippen LogP contribution in [0, 0.1) is 0 Å². The number of halogens is 1. The summed E-state index contributed by atoms with van der Waals surface area (Å²) in [4.78, 5) is 21.9. The molecule has 0 bridgehead atoms. The minimum Gasteiger partial charge on any atom is -0.496 e. The number of carboxylic acids is 1. The number of amides is 1. The molecule has 0 aliphatic carbocycles. The number of hydrogen-bond donors (Lipinski definition) is 2. The molecular weight excluding hydrogens is 318 g/mol. The lowest BCUT2D eigenvalue weighted by Crippen LogP contribution is -2.27. The van der Waals surface area contributed by atoms with Gasteiger partial charge in [0.1, 0.15) is 12.4 Å². The Labute approximate surface area is 118 Å². The fourth-order valence-corrected chi connectivity index (χ4v) is 1.85. The first-order chi connectivity index (χ1) is 9.04. The van der Waals surface area contributed by atoms with Gasteiger partial charge in [-0.3, -0.25) is 4.79 Å². The first kappa shape index (κ1) is 15.5. The van der Waals surface area contributed by atoms with Crippen LogP contribution in [0.25, 0.3) is 0 Å². The largest absolute Gasteiger partial charge is 0.496 e. The summed E-state index contributed by atoms with van der Waals surface area (Å²) in [6.45, 7) is 0.0229. The molecule has 0 heterocycles. The Morgan fingerprint density at radius 2 is 2.16 bits per heavy atom. The van der Waals surface area contributed by atoms with Crippen LogP contribution >= 0.6 is 15.9 Å². The lowest BCUT2D eigenvalue weighted by molar-refractivity contribution is -0.142. The highest BCUT2D eigenvalue weighted by Gasteiger charge is 2.08. The van der Waals surface area contributed by atoms with Gasteiger partial charge in [0, 0.05) is 12.1 Å². The molecule has 7 heteroatoms. The van der Waals surface area contributed by atoms with Crippen LogP contribution in [0.2, 0.25) is 0 Å². The van der Waals surface area contributed by atoms with E-state index < -0.39 is 5.97 Å². The van der Waals surface area contributed by atoms with Gasteiger partial charge in [0.05, 0.1) is 18.2 Å². The Kier molecular flexibility index (Phi) is 6.31. The highest BCUT2D eigenvalue weighted by molar-refractivity contribution is 9.10. The van der Waals surface area contributed by atoms with Crippen LogP contribution in [0.4, 0.5) is 0 Å². The van der Waals surface area contributed by atoms with Crippen LogP contribution in [0.3, 0.4) is 0 Å². The van der Waals surface area contributed by atoms with E-state index in [-0.39, 0.29) is 25.7 Å².